The lowest BCUT2D eigenvalue weighted by molar-refractivity contribution is 0.244. The minimum absolute atomic E-state index is 0.00547. The van der Waals surface area contributed by atoms with Gasteiger partial charge in [0.05, 0.1) is 57.8 Å². The van der Waals surface area contributed by atoms with Crippen molar-refractivity contribution in [1.82, 2.24) is 9.13 Å². The Hall–Kier alpha value is -7.58. The number of benzene rings is 8. The number of phenols is 2. The Morgan fingerprint density at radius 3 is 0.891 bits per heavy atom. The highest BCUT2D eigenvalue weighted by atomic mass is 19.1. The Kier molecular flexibility index (Phi) is 17.4. The first-order valence-electron chi connectivity index (χ1n) is 33.3. The molecule has 486 valence electrons. The summed E-state index contributed by atoms with van der Waals surface area (Å²) in [7, 11) is 0. The first kappa shape index (κ1) is 67.3. The molecule has 2 aromatic heterocycles. The highest BCUT2D eigenvalue weighted by Crippen LogP contribution is 2.55. The van der Waals surface area contributed by atoms with Gasteiger partial charge in [0, 0.05) is 32.7 Å². The van der Waals surface area contributed by atoms with Gasteiger partial charge in [0.15, 0.2) is 11.5 Å². The van der Waals surface area contributed by atoms with Crippen molar-refractivity contribution in [2.75, 3.05) is 13.2 Å². The standard InChI is InChI=1S/C84H102F2N2O4/c1-77(2,3)49-83(19,20)63-47-69(87-65-43-53(79(7,8)9)31-35-59(65)60-36-32-54(44-66(60)87)80(10,11)12)73(89)71(51-27-25-29-57(85)41-51)75(63)91-39-23-24-40-92-76-64(84(21,22)50-78(4,5)6)48-70(74(90)72(76)52-28-26-30-58(86)42-52)88-67-45-55(81(13,14)15)33-37-61(67)62-38-34-56(46-68(62)88)82(16,17)18/h25-38,41-48,89-90H,23-24,39-40,49-50H2,1-22H3. The highest BCUT2D eigenvalue weighted by Gasteiger charge is 2.38. The SMILES string of the molecule is CC(C)(C)CC(C)(C)c1cc(-n2c3cc(C(C)(C)C)ccc3c3ccc(C(C)(C)C)cc32)c(O)c(-c2cccc(F)c2)c1OCCCCOc1c(C(C)(C)CC(C)(C)C)cc(-n2c3cc(C(C)(C)C)ccc3c3ccc(C(C)(C)C)cc32)c(O)c1-c1cccc(F)c1. The van der Waals surface area contributed by atoms with Crippen LogP contribution in [0.5, 0.6) is 23.0 Å². The third kappa shape index (κ3) is 13.5. The molecule has 0 saturated heterocycles. The summed E-state index contributed by atoms with van der Waals surface area (Å²) in [6, 6.07) is 44.0. The molecule has 92 heavy (non-hydrogen) atoms. The average Bonchev–Trinajstić information content (AvgIpc) is 1.49. The number of hydrogen-bond donors (Lipinski definition) is 2. The van der Waals surface area contributed by atoms with Gasteiger partial charge < -0.3 is 28.8 Å². The molecule has 10 rings (SSSR count). The van der Waals surface area contributed by atoms with Crippen molar-refractivity contribution >= 4 is 43.6 Å². The van der Waals surface area contributed by atoms with E-state index in [9.17, 15) is 10.2 Å². The van der Waals surface area contributed by atoms with E-state index in [-0.39, 0.29) is 57.2 Å². The van der Waals surface area contributed by atoms with Crippen LogP contribution in [0.1, 0.15) is 211 Å². The maximum atomic E-state index is 15.8. The van der Waals surface area contributed by atoms with E-state index in [4.69, 9.17) is 9.47 Å². The first-order valence-corrected chi connectivity index (χ1v) is 33.3. The van der Waals surface area contributed by atoms with E-state index in [1.54, 1.807) is 12.1 Å². The number of nitrogens with zero attached hydrogens (tertiary/aromatic N) is 2. The quantitative estimate of drug-likeness (QED) is 0.100. The molecular formula is C84H102F2N2O4. The minimum Gasteiger partial charge on any atom is -0.505 e. The van der Waals surface area contributed by atoms with Crippen molar-refractivity contribution in [3.8, 4) is 56.6 Å². The zero-order chi connectivity index (χ0) is 67.4. The fraction of sp³-hybridized carbons (Fsp3) is 0.429. The molecule has 8 heteroatoms. The van der Waals surface area contributed by atoms with Crippen LogP contribution in [0.3, 0.4) is 0 Å². The van der Waals surface area contributed by atoms with Gasteiger partial charge in [-0.2, -0.15) is 0 Å². The fourth-order valence-electron chi connectivity index (χ4n) is 14.6. The van der Waals surface area contributed by atoms with Gasteiger partial charge in [0.1, 0.15) is 23.1 Å². The van der Waals surface area contributed by atoms with Crippen molar-refractivity contribution in [3.63, 3.8) is 0 Å². The Bertz CT molecular complexity index is 4020. The summed E-state index contributed by atoms with van der Waals surface area (Å²) < 4.78 is 50.4. The molecule has 0 unspecified atom stereocenters. The molecule has 0 spiro atoms. The molecule has 0 amide bonds. The molecule has 2 N–H and O–H groups in total. The second-order valence-corrected chi connectivity index (χ2v) is 34.3. The van der Waals surface area contributed by atoms with Gasteiger partial charge in [-0.1, -0.05) is 225 Å². The van der Waals surface area contributed by atoms with Crippen molar-refractivity contribution in [2.45, 2.75) is 210 Å². The van der Waals surface area contributed by atoms with Crippen LogP contribution in [-0.4, -0.2) is 32.6 Å². The van der Waals surface area contributed by atoms with E-state index >= 15 is 8.78 Å². The summed E-state index contributed by atoms with van der Waals surface area (Å²) >= 11 is 0. The van der Waals surface area contributed by atoms with Gasteiger partial charge >= 0.3 is 0 Å². The lowest BCUT2D eigenvalue weighted by Gasteiger charge is -2.36. The fourth-order valence-corrected chi connectivity index (χ4v) is 14.6. The number of phenolic OH excluding ortho intramolecular Hbond substituents is 2. The maximum absolute atomic E-state index is 15.8. The molecule has 8 aromatic carbocycles. The van der Waals surface area contributed by atoms with Gasteiger partial charge in [-0.05, 0) is 163 Å². The summed E-state index contributed by atoms with van der Waals surface area (Å²) in [6.45, 7) is 49.6. The molecule has 0 bridgehead atoms. The smallest absolute Gasteiger partial charge is 0.151 e. The van der Waals surface area contributed by atoms with Crippen LogP contribution in [0.25, 0.3) is 77.2 Å². The van der Waals surface area contributed by atoms with Gasteiger partial charge in [0.2, 0.25) is 0 Å². The van der Waals surface area contributed by atoms with Crippen LogP contribution < -0.4 is 9.47 Å². The second kappa shape index (κ2) is 23.8. The summed E-state index contributed by atoms with van der Waals surface area (Å²) in [5, 5.41) is 31.0. The van der Waals surface area contributed by atoms with E-state index in [1.807, 2.05) is 12.1 Å². The predicted octanol–water partition coefficient (Wildman–Crippen LogP) is 23.8. The number of rotatable bonds is 15. The number of fused-ring (bicyclic) bond motifs is 6. The normalized spacial score (nSPS) is 13.3. The molecule has 0 aliphatic rings. The predicted molar refractivity (Wildman–Crippen MR) is 385 cm³/mol. The third-order valence-corrected chi connectivity index (χ3v) is 18.6. The van der Waals surface area contributed by atoms with E-state index < -0.39 is 22.5 Å². The summed E-state index contributed by atoms with van der Waals surface area (Å²) in [6.07, 6.45) is 2.62. The molecule has 10 aromatic rings. The molecule has 0 saturated carbocycles. The molecule has 0 aliphatic carbocycles. The topological polar surface area (TPSA) is 68.8 Å². The summed E-state index contributed by atoms with van der Waals surface area (Å²) in [5.74, 6) is 0.159. The van der Waals surface area contributed by atoms with E-state index in [0.29, 0.717) is 58.0 Å². The zero-order valence-electron chi connectivity index (χ0n) is 59.3. The largest absolute Gasteiger partial charge is 0.505 e. The number of hydrogen-bond acceptors (Lipinski definition) is 4. The van der Waals surface area contributed by atoms with Crippen LogP contribution >= 0.6 is 0 Å². The van der Waals surface area contributed by atoms with Crippen LogP contribution in [0, 0.1) is 22.5 Å². The first-order chi connectivity index (χ1) is 42.5. The Morgan fingerprint density at radius 2 is 0.641 bits per heavy atom. The van der Waals surface area contributed by atoms with Crippen molar-refractivity contribution < 1.29 is 28.5 Å². The molecule has 0 radical (unpaired) electrons. The van der Waals surface area contributed by atoms with Crippen molar-refractivity contribution in [3.05, 3.63) is 178 Å². The molecule has 6 nitrogen and oxygen atoms in total. The van der Waals surface area contributed by atoms with E-state index in [1.165, 1.54) is 46.5 Å². The summed E-state index contributed by atoms with van der Waals surface area (Å²) in [5.41, 5.74) is 11.5. The zero-order valence-corrected chi connectivity index (χ0v) is 59.3. The van der Waals surface area contributed by atoms with E-state index in [0.717, 1.165) is 67.6 Å². The molecule has 0 atom stereocenters. The molecule has 2 heterocycles. The lowest BCUT2D eigenvalue weighted by Crippen LogP contribution is -2.26. The van der Waals surface area contributed by atoms with Crippen molar-refractivity contribution in [2.24, 2.45) is 10.8 Å². The molecular weight excluding hydrogens is 1140 g/mol. The maximum Gasteiger partial charge on any atom is 0.151 e. The van der Waals surface area contributed by atoms with Crippen LogP contribution in [0.4, 0.5) is 8.78 Å². The monoisotopic (exact) mass is 1240 g/mol. The Labute approximate surface area is 548 Å². The number of halogens is 2. The second-order valence-electron chi connectivity index (χ2n) is 34.3. The van der Waals surface area contributed by atoms with Crippen LogP contribution in [0.2, 0.25) is 0 Å². The average molecular weight is 1240 g/mol. The molecule has 0 fully saturated rings. The number of aromatic hydroxyl groups is 2. The summed E-state index contributed by atoms with van der Waals surface area (Å²) in [4.78, 5) is 0. The molecule has 0 aliphatic heterocycles. The highest BCUT2D eigenvalue weighted by molar-refractivity contribution is 6.11. The Balaban J connectivity index is 1.11. The lowest BCUT2D eigenvalue weighted by atomic mass is 9.71. The van der Waals surface area contributed by atoms with Gasteiger partial charge in [-0.25, -0.2) is 8.78 Å². The van der Waals surface area contributed by atoms with Crippen molar-refractivity contribution in [1.29, 1.82) is 0 Å². The van der Waals surface area contributed by atoms with E-state index in [2.05, 4.69) is 246 Å². The van der Waals surface area contributed by atoms with Gasteiger partial charge in [-0.3, -0.25) is 0 Å². The minimum atomic E-state index is -0.520. The number of aromatic nitrogens is 2. The van der Waals surface area contributed by atoms with Gasteiger partial charge in [0.25, 0.3) is 0 Å². The van der Waals surface area contributed by atoms with Crippen LogP contribution in [0.15, 0.2) is 133 Å². The van der Waals surface area contributed by atoms with Crippen LogP contribution in [-0.2, 0) is 32.5 Å². The number of ether oxygens (including phenoxy) is 2. The van der Waals surface area contributed by atoms with Gasteiger partial charge in [-0.15, -0.1) is 0 Å². The Morgan fingerprint density at radius 1 is 0.359 bits per heavy atom. The third-order valence-electron chi connectivity index (χ3n) is 18.6. The number of unbranched alkanes of at least 4 members (excludes halogenated alkanes) is 1.